The van der Waals surface area contributed by atoms with E-state index in [1.807, 2.05) is 11.7 Å². The molecule has 20 heavy (non-hydrogen) atoms. The number of halogens is 1. The summed E-state index contributed by atoms with van der Waals surface area (Å²) in [5.74, 6) is 6.36. The Bertz CT molecular complexity index is 490. The van der Waals surface area contributed by atoms with Crippen LogP contribution in [0.2, 0.25) is 5.02 Å². The summed E-state index contributed by atoms with van der Waals surface area (Å²) in [4.78, 5) is 0. The number of nitrogens with zero attached hydrogens (tertiary/aromatic N) is 2. The van der Waals surface area contributed by atoms with Crippen LogP contribution in [0.4, 0.5) is 0 Å². The standard InChI is InChI=1S/C15H27ClN4/c1-7-9-12(16)11(20(6)19-9)8-10(18-17)13-14(2,3)15(13,4)5/h10,13,18H,7-8,17H2,1-6H3. The molecule has 1 aromatic rings. The third-order valence-electron chi connectivity index (χ3n) is 5.67. The van der Waals surface area contributed by atoms with Crippen LogP contribution in [0.5, 0.6) is 0 Å². The second-order valence-electron chi connectivity index (χ2n) is 7.08. The fourth-order valence-electron chi connectivity index (χ4n) is 3.78. The number of hydrogen-bond acceptors (Lipinski definition) is 3. The number of aryl methyl sites for hydroxylation is 2. The van der Waals surface area contributed by atoms with Crippen LogP contribution in [-0.4, -0.2) is 15.8 Å². The van der Waals surface area contributed by atoms with E-state index in [2.05, 4.69) is 45.1 Å². The minimum atomic E-state index is 0.220. The number of hydrogen-bond donors (Lipinski definition) is 2. The van der Waals surface area contributed by atoms with Crippen molar-refractivity contribution >= 4 is 11.6 Å². The van der Waals surface area contributed by atoms with Gasteiger partial charge in [0.05, 0.1) is 16.4 Å². The molecule has 1 aliphatic rings. The van der Waals surface area contributed by atoms with Crippen molar-refractivity contribution < 1.29 is 0 Å². The van der Waals surface area contributed by atoms with Gasteiger partial charge in [0.15, 0.2) is 0 Å². The van der Waals surface area contributed by atoms with Gasteiger partial charge in [-0.2, -0.15) is 5.10 Å². The average molecular weight is 299 g/mol. The molecule has 0 saturated heterocycles. The maximum Gasteiger partial charge on any atom is 0.0850 e. The largest absolute Gasteiger partial charge is 0.271 e. The van der Waals surface area contributed by atoms with Crippen molar-refractivity contribution in [3.63, 3.8) is 0 Å². The first kappa shape index (κ1) is 15.8. The number of hydrazine groups is 1. The Balaban J connectivity index is 2.23. The SMILES string of the molecule is CCc1nn(C)c(CC(NN)C2C(C)(C)C2(C)C)c1Cl. The van der Waals surface area contributed by atoms with Crippen molar-refractivity contribution in [2.75, 3.05) is 0 Å². The van der Waals surface area contributed by atoms with Gasteiger partial charge in [0, 0.05) is 19.5 Å². The Hall–Kier alpha value is -0.580. The summed E-state index contributed by atoms with van der Waals surface area (Å²) in [6, 6.07) is 0.220. The Kier molecular flexibility index (Phi) is 3.95. The Morgan fingerprint density at radius 3 is 2.25 bits per heavy atom. The third kappa shape index (κ3) is 2.18. The summed E-state index contributed by atoms with van der Waals surface area (Å²) in [6.45, 7) is 11.3. The van der Waals surface area contributed by atoms with E-state index in [1.165, 1.54) is 0 Å². The molecule has 3 N–H and O–H groups in total. The van der Waals surface area contributed by atoms with Gasteiger partial charge >= 0.3 is 0 Å². The lowest BCUT2D eigenvalue weighted by Crippen LogP contribution is -2.40. The van der Waals surface area contributed by atoms with Crippen molar-refractivity contribution in [3.05, 3.63) is 16.4 Å². The third-order valence-corrected chi connectivity index (χ3v) is 6.10. The fourth-order valence-corrected chi connectivity index (χ4v) is 4.15. The molecule has 0 amide bonds. The number of aromatic nitrogens is 2. The highest BCUT2D eigenvalue weighted by atomic mass is 35.5. The van der Waals surface area contributed by atoms with Gasteiger partial charge in [0.2, 0.25) is 0 Å². The normalized spacial score (nSPS) is 22.0. The van der Waals surface area contributed by atoms with E-state index in [0.29, 0.717) is 16.7 Å². The zero-order valence-electron chi connectivity index (χ0n) is 13.4. The molecule has 2 rings (SSSR count). The molecule has 1 heterocycles. The minimum absolute atomic E-state index is 0.220. The zero-order valence-corrected chi connectivity index (χ0v) is 14.2. The van der Waals surface area contributed by atoms with Crippen molar-refractivity contribution in [2.45, 2.75) is 53.5 Å². The van der Waals surface area contributed by atoms with Gasteiger partial charge in [0.25, 0.3) is 0 Å². The lowest BCUT2D eigenvalue weighted by atomic mass is 10.00. The summed E-state index contributed by atoms with van der Waals surface area (Å²) < 4.78 is 1.90. The summed E-state index contributed by atoms with van der Waals surface area (Å²) in [7, 11) is 1.96. The van der Waals surface area contributed by atoms with Crippen LogP contribution in [0.1, 0.15) is 46.0 Å². The first-order chi connectivity index (χ1) is 9.18. The highest BCUT2D eigenvalue weighted by Gasteiger charge is 2.66. The summed E-state index contributed by atoms with van der Waals surface area (Å²) >= 11 is 6.45. The van der Waals surface area contributed by atoms with Crippen molar-refractivity contribution in [2.24, 2.45) is 29.6 Å². The molecule has 0 aliphatic heterocycles. The van der Waals surface area contributed by atoms with Crippen LogP contribution >= 0.6 is 11.6 Å². The second kappa shape index (κ2) is 5.00. The van der Waals surface area contributed by atoms with E-state index in [1.54, 1.807) is 0 Å². The molecule has 1 atom stereocenters. The summed E-state index contributed by atoms with van der Waals surface area (Å²) in [5, 5.41) is 5.28. The molecule has 1 aromatic heterocycles. The molecule has 1 aliphatic carbocycles. The van der Waals surface area contributed by atoms with Gasteiger partial charge in [-0.15, -0.1) is 0 Å². The molecule has 114 valence electrons. The molecular formula is C15H27ClN4. The van der Waals surface area contributed by atoms with E-state index in [9.17, 15) is 0 Å². The summed E-state index contributed by atoms with van der Waals surface area (Å²) in [5.41, 5.74) is 5.64. The quantitative estimate of drug-likeness (QED) is 0.649. The second-order valence-corrected chi connectivity index (χ2v) is 7.46. The molecular weight excluding hydrogens is 272 g/mol. The number of rotatable bonds is 5. The molecule has 1 saturated carbocycles. The van der Waals surface area contributed by atoms with Gasteiger partial charge in [-0.25, -0.2) is 0 Å². The molecule has 1 fully saturated rings. The molecule has 0 spiro atoms. The summed E-state index contributed by atoms with van der Waals surface area (Å²) in [6.07, 6.45) is 1.67. The minimum Gasteiger partial charge on any atom is -0.271 e. The average Bonchev–Trinajstić information content (AvgIpc) is 2.63. The lowest BCUT2D eigenvalue weighted by Gasteiger charge is -2.18. The van der Waals surface area contributed by atoms with Crippen LogP contribution in [0.3, 0.4) is 0 Å². The van der Waals surface area contributed by atoms with Crippen LogP contribution in [0.15, 0.2) is 0 Å². The van der Waals surface area contributed by atoms with Gasteiger partial charge < -0.3 is 0 Å². The van der Waals surface area contributed by atoms with E-state index in [-0.39, 0.29) is 6.04 Å². The van der Waals surface area contributed by atoms with Gasteiger partial charge in [-0.3, -0.25) is 16.0 Å². The van der Waals surface area contributed by atoms with E-state index in [0.717, 1.165) is 29.3 Å². The van der Waals surface area contributed by atoms with Gasteiger partial charge in [-0.05, 0) is 23.2 Å². The lowest BCUT2D eigenvalue weighted by molar-refractivity contribution is 0.395. The van der Waals surface area contributed by atoms with E-state index in [4.69, 9.17) is 17.4 Å². The van der Waals surface area contributed by atoms with Crippen LogP contribution < -0.4 is 11.3 Å². The molecule has 4 nitrogen and oxygen atoms in total. The number of nitrogens with one attached hydrogen (secondary N) is 1. The zero-order chi connectivity index (χ0) is 15.3. The molecule has 1 unspecified atom stereocenters. The maximum atomic E-state index is 6.45. The monoisotopic (exact) mass is 298 g/mol. The van der Waals surface area contributed by atoms with Crippen LogP contribution in [0, 0.1) is 16.7 Å². The Morgan fingerprint density at radius 2 is 1.90 bits per heavy atom. The first-order valence-corrected chi connectivity index (χ1v) is 7.72. The predicted octanol–water partition coefficient (Wildman–Crippen LogP) is 2.69. The highest BCUT2D eigenvalue weighted by molar-refractivity contribution is 6.31. The van der Waals surface area contributed by atoms with Crippen molar-refractivity contribution in [3.8, 4) is 0 Å². The van der Waals surface area contributed by atoms with Gasteiger partial charge in [0.1, 0.15) is 0 Å². The van der Waals surface area contributed by atoms with Gasteiger partial charge in [-0.1, -0.05) is 46.2 Å². The van der Waals surface area contributed by atoms with Crippen LogP contribution in [0.25, 0.3) is 0 Å². The Labute approximate surface area is 127 Å². The first-order valence-electron chi connectivity index (χ1n) is 7.34. The highest BCUT2D eigenvalue weighted by Crippen LogP contribution is 2.69. The van der Waals surface area contributed by atoms with E-state index >= 15 is 0 Å². The Morgan fingerprint density at radius 1 is 1.35 bits per heavy atom. The smallest absolute Gasteiger partial charge is 0.0850 e. The molecule has 0 bridgehead atoms. The molecule has 0 aromatic carbocycles. The molecule has 0 radical (unpaired) electrons. The maximum absolute atomic E-state index is 6.45. The topological polar surface area (TPSA) is 55.9 Å². The number of nitrogens with two attached hydrogens (primary N) is 1. The van der Waals surface area contributed by atoms with Crippen molar-refractivity contribution in [1.82, 2.24) is 15.2 Å². The molecule has 5 heteroatoms. The van der Waals surface area contributed by atoms with Crippen molar-refractivity contribution in [1.29, 1.82) is 0 Å². The van der Waals surface area contributed by atoms with E-state index < -0.39 is 0 Å². The van der Waals surface area contributed by atoms with Crippen LogP contribution in [-0.2, 0) is 19.9 Å². The fraction of sp³-hybridized carbons (Fsp3) is 0.800. The predicted molar refractivity (Wildman–Crippen MR) is 83.5 cm³/mol.